The number of rotatable bonds is 10. The van der Waals surface area contributed by atoms with E-state index in [1.54, 1.807) is 7.11 Å². The van der Waals surface area contributed by atoms with E-state index in [9.17, 15) is 0 Å². The lowest BCUT2D eigenvalue weighted by Gasteiger charge is -2.13. The molecule has 104 valence electrons. The predicted molar refractivity (Wildman–Crippen MR) is 68.5 cm³/mol. The maximum atomic E-state index is 5.67. The summed E-state index contributed by atoms with van der Waals surface area (Å²) in [6.07, 6.45) is 0.664. The molecule has 0 radical (unpaired) electrons. The molecular formula is C13H23NO4. The SMILES string of the molecule is COCCOCCCOC(CN)c1ccc(C)o1. The van der Waals surface area contributed by atoms with Crippen LogP contribution in [0, 0.1) is 6.92 Å². The molecule has 18 heavy (non-hydrogen) atoms. The Morgan fingerprint density at radius 2 is 2.06 bits per heavy atom. The second-order valence-corrected chi connectivity index (χ2v) is 4.00. The number of nitrogens with two attached hydrogens (primary N) is 1. The van der Waals surface area contributed by atoms with Gasteiger partial charge in [0, 0.05) is 26.9 Å². The van der Waals surface area contributed by atoms with Crippen LogP contribution in [0.25, 0.3) is 0 Å². The summed E-state index contributed by atoms with van der Waals surface area (Å²) in [5.74, 6) is 1.66. The number of aryl methyl sites for hydroxylation is 1. The van der Waals surface area contributed by atoms with Gasteiger partial charge in [0.15, 0.2) is 0 Å². The summed E-state index contributed by atoms with van der Waals surface area (Å²) in [6, 6.07) is 3.82. The maximum absolute atomic E-state index is 5.67. The Morgan fingerprint density at radius 3 is 2.67 bits per heavy atom. The van der Waals surface area contributed by atoms with E-state index < -0.39 is 0 Å². The largest absolute Gasteiger partial charge is 0.464 e. The summed E-state index contributed by atoms with van der Waals surface area (Å²) < 4.78 is 21.4. The third kappa shape index (κ3) is 5.64. The van der Waals surface area contributed by atoms with Gasteiger partial charge in [-0.25, -0.2) is 0 Å². The third-order valence-corrected chi connectivity index (χ3v) is 2.48. The van der Waals surface area contributed by atoms with Crippen LogP contribution in [0.4, 0.5) is 0 Å². The molecule has 1 aromatic heterocycles. The van der Waals surface area contributed by atoms with Crippen molar-refractivity contribution in [3.63, 3.8) is 0 Å². The fourth-order valence-corrected chi connectivity index (χ4v) is 1.52. The molecule has 0 saturated heterocycles. The van der Waals surface area contributed by atoms with Gasteiger partial charge >= 0.3 is 0 Å². The van der Waals surface area contributed by atoms with Crippen molar-refractivity contribution in [2.75, 3.05) is 40.1 Å². The maximum Gasteiger partial charge on any atom is 0.134 e. The first-order valence-electron chi connectivity index (χ1n) is 6.22. The van der Waals surface area contributed by atoms with Crippen LogP contribution in [0.1, 0.15) is 24.0 Å². The predicted octanol–water partition coefficient (Wildman–Crippen LogP) is 1.66. The minimum Gasteiger partial charge on any atom is -0.464 e. The summed E-state index contributed by atoms with van der Waals surface area (Å²) in [5, 5.41) is 0. The van der Waals surface area contributed by atoms with E-state index in [-0.39, 0.29) is 6.10 Å². The van der Waals surface area contributed by atoms with Crippen molar-refractivity contribution in [2.45, 2.75) is 19.4 Å². The van der Waals surface area contributed by atoms with Crippen LogP contribution in [-0.4, -0.2) is 40.1 Å². The Bertz CT molecular complexity index is 314. The topological polar surface area (TPSA) is 66.8 Å². The van der Waals surface area contributed by atoms with Crippen molar-refractivity contribution in [1.82, 2.24) is 0 Å². The number of methoxy groups -OCH3 is 1. The van der Waals surface area contributed by atoms with Crippen LogP contribution < -0.4 is 5.73 Å². The average Bonchev–Trinajstić information content (AvgIpc) is 2.79. The fraction of sp³-hybridized carbons (Fsp3) is 0.692. The quantitative estimate of drug-likeness (QED) is 0.646. The molecule has 0 saturated carbocycles. The lowest BCUT2D eigenvalue weighted by Crippen LogP contribution is -2.16. The molecule has 1 rings (SSSR count). The first-order chi connectivity index (χ1) is 8.77. The van der Waals surface area contributed by atoms with E-state index in [1.807, 2.05) is 19.1 Å². The number of hydrogen-bond donors (Lipinski definition) is 1. The molecule has 0 bridgehead atoms. The highest BCUT2D eigenvalue weighted by Gasteiger charge is 2.13. The van der Waals surface area contributed by atoms with E-state index in [4.69, 9.17) is 24.4 Å². The van der Waals surface area contributed by atoms with Crippen LogP contribution >= 0.6 is 0 Å². The molecule has 2 N–H and O–H groups in total. The highest BCUT2D eigenvalue weighted by molar-refractivity contribution is 5.08. The van der Waals surface area contributed by atoms with Crippen molar-refractivity contribution in [3.8, 4) is 0 Å². The minimum absolute atomic E-state index is 0.169. The van der Waals surface area contributed by atoms with E-state index in [2.05, 4.69) is 0 Å². The zero-order chi connectivity index (χ0) is 13.2. The normalized spacial score (nSPS) is 12.8. The summed E-state index contributed by atoms with van der Waals surface area (Å²) in [4.78, 5) is 0. The van der Waals surface area contributed by atoms with Gasteiger partial charge in [0.05, 0.1) is 13.2 Å². The van der Waals surface area contributed by atoms with Gasteiger partial charge in [-0.15, -0.1) is 0 Å². The molecule has 5 heteroatoms. The van der Waals surface area contributed by atoms with Crippen LogP contribution in [0.2, 0.25) is 0 Å². The van der Waals surface area contributed by atoms with Crippen molar-refractivity contribution in [3.05, 3.63) is 23.7 Å². The van der Waals surface area contributed by atoms with Crippen LogP contribution in [0.15, 0.2) is 16.5 Å². The first-order valence-corrected chi connectivity index (χ1v) is 6.22. The Balaban J connectivity index is 2.13. The molecule has 1 atom stereocenters. The Kier molecular flexibility index (Phi) is 7.68. The summed E-state index contributed by atoms with van der Waals surface area (Å²) >= 11 is 0. The number of ether oxygens (including phenoxy) is 3. The molecule has 0 aromatic carbocycles. The van der Waals surface area contributed by atoms with Crippen molar-refractivity contribution < 1.29 is 18.6 Å². The zero-order valence-electron chi connectivity index (χ0n) is 11.2. The van der Waals surface area contributed by atoms with E-state index in [0.717, 1.165) is 17.9 Å². The Hall–Kier alpha value is -0.880. The zero-order valence-corrected chi connectivity index (χ0v) is 11.2. The summed E-state index contributed by atoms with van der Waals surface area (Å²) in [6.45, 7) is 4.83. The molecule has 0 fully saturated rings. The van der Waals surface area contributed by atoms with Crippen molar-refractivity contribution >= 4 is 0 Å². The van der Waals surface area contributed by atoms with E-state index >= 15 is 0 Å². The molecule has 0 aliphatic rings. The van der Waals surface area contributed by atoms with Gasteiger partial charge in [0.1, 0.15) is 17.6 Å². The highest BCUT2D eigenvalue weighted by atomic mass is 16.5. The van der Waals surface area contributed by atoms with Crippen molar-refractivity contribution in [1.29, 1.82) is 0 Å². The van der Waals surface area contributed by atoms with Crippen molar-refractivity contribution in [2.24, 2.45) is 5.73 Å². The van der Waals surface area contributed by atoms with E-state index in [0.29, 0.717) is 33.0 Å². The highest BCUT2D eigenvalue weighted by Crippen LogP contribution is 2.18. The number of hydrogen-bond acceptors (Lipinski definition) is 5. The molecule has 5 nitrogen and oxygen atoms in total. The lowest BCUT2D eigenvalue weighted by atomic mass is 10.3. The smallest absolute Gasteiger partial charge is 0.134 e. The van der Waals surface area contributed by atoms with Gasteiger partial charge in [0.25, 0.3) is 0 Å². The Labute approximate surface area is 108 Å². The molecule has 0 spiro atoms. The summed E-state index contributed by atoms with van der Waals surface area (Å²) in [7, 11) is 1.66. The van der Waals surface area contributed by atoms with Gasteiger partial charge in [-0.2, -0.15) is 0 Å². The van der Waals surface area contributed by atoms with Crippen LogP contribution in [0.5, 0.6) is 0 Å². The molecule has 0 aliphatic carbocycles. The second-order valence-electron chi connectivity index (χ2n) is 4.00. The van der Waals surface area contributed by atoms with Gasteiger partial charge in [-0.3, -0.25) is 0 Å². The summed E-state index contributed by atoms with van der Waals surface area (Å²) in [5.41, 5.74) is 5.66. The molecule has 1 unspecified atom stereocenters. The van der Waals surface area contributed by atoms with Gasteiger partial charge in [0.2, 0.25) is 0 Å². The molecule has 1 aromatic rings. The second kappa shape index (κ2) is 9.10. The van der Waals surface area contributed by atoms with Crippen LogP contribution in [-0.2, 0) is 14.2 Å². The molecule has 0 amide bonds. The fourth-order valence-electron chi connectivity index (χ4n) is 1.52. The molecule has 1 heterocycles. The van der Waals surface area contributed by atoms with Gasteiger partial charge in [-0.05, 0) is 25.5 Å². The standard InChI is InChI=1S/C13H23NO4/c1-11-4-5-12(18-11)13(10-14)17-7-3-6-16-9-8-15-2/h4-5,13H,3,6-10,14H2,1-2H3. The average molecular weight is 257 g/mol. The third-order valence-electron chi connectivity index (χ3n) is 2.48. The molecular weight excluding hydrogens is 234 g/mol. The molecule has 0 aliphatic heterocycles. The van der Waals surface area contributed by atoms with Gasteiger partial charge in [-0.1, -0.05) is 0 Å². The van der Waals surface area contributed by atoms with Gasteiger partial charge < -0.3 is 24.4 Å². The van der Waals surface area contributed by atoms with Crippen LogP contribution in [0.3, 0.4) is 0 Å². The monoisotopic (exact) mass is 257 g/mol. The first kappa shape index (κ1) is 15.2. The lowest BCUT2D eigenvalue weighted by molar-refractivity contribution is 0.0177. The van der Waals surface area contributed by atoms with E-state index in [1.165, 1.54) is 0 Å². The minimum atomic E-state index is -0.169. The Morgan fingerprint density at radius 1 is 1.22 bits per heavy atom. The number of furan rings is 1.